The van der Waals surface area contributed by atoms with Gasteiger partial charge in [0.05, 0.1) is 0 Å². The van der Waals surface area contributed by atoms with Crippen molar-refractivity contribution in [2.45, 2.75) is 31.8 Å². The molecule has 1 rings (SSSR count). The van der Waals surface area contributed by atoms with Gasteiger partial charge in [-0.3, -0.25) is 9.89 Å². The molecule has 0 aromatic heterocycles. The van der Waals surface area contributed by atoms with Crippen molar-refractivity contribution in [2.24, 2.45) is 4.99 Å². The minimum atomic E-state index is -1.06. The summed E-state index contributed by atoms with van der Waals surface area (Å²) in [7, 11) is 1.86. The Kier molecular flexibility index (Phi) is 6.43. The molecule has 0 bridgehead atoms. The smallest absolute Gasteiger partial charge is 0.861 e. The number of aliphatic carboxylic acids is 1. The minimum absolute atomic E-state index is 0. The Morgan fingerprint density at radius 3 is 2.67 bits per heavy atom. The fraction of sp³-hybridized carbons (Fsp3) is 0.778. The van der Waals surface area contributed by atoms with E-state index in [1.54, 1.807) is 0 Å². The second-order valence-corrected chi connectivity index (χ2v) is 3.62. The Balaban J connectivity index is 0.00000196. The zero-order valence-corrected chi connectivity index (χ0v) is 11.4. The summed E-state index contributed by atoms with van der Waals surface area (Å²) in [6, 6.07) is -1.15. The monoisotopic (exact) mass is 222 g/mol. The van der Waals surface area contributed by atoms with Crippen molar-refractivity contribution in [3.05, 3.63) is 0 Å². The third-order valence-electron chi connectivity index (χ3n) is 2.48. The second-order valence-electron chi connectivity index (χ2n) is 3.62. The van der Waals surface area contributed by atoms with Crippen LogP contribution in [0.2, 0.25) is 0 Å². The number of hydrogen-bond donors (Lipinski definition) is 1. The van der Waals surface area contributed by atoms with Crippen molar-refractivity contribution in [3.8, 4) is 0 Å². The molecule has 0 saturated carbocycles. The Morgan fingerprint density at radius 1 is 1.67 bits per heavy atom. The normalized spacial score (nSPS) is 24.7. The summed E-state index contributed by atoms with van der Waals surface area (Å²) in [6.07, 6.45) is 1.76. The third-order valence-corrected chi connectivity index (χ3v) is 2.48. The summed E-state index contributed by atoms with van der Waals surface area (Å²) < 4.78 is 0. The molecule has 1 N–H and O–H groups in total. The van der Waals surface area contributed by atoms with Gasteiger partial charge in [0, 0.05) is 6.04 Å². The number of carboxylic acid groups (broad SMARTS) is 1. The first-order valence-corrected chi connectivity index (χ1v) is 4.70. The third kappa shape index (κ3) is 4.10. The molecule has 2 atom stereocenters. The van der Waals surface area contributed by atoms with E-state index in [1.165, 1.54) is 6.92 Å². The number of aliphatic imine (C=N–C) groups is 1. The molecule has 80 valence electrons. The molecule has 1 unspecified atom stereocenters. The van der Waals surface area contributed by atoms with Crippen molar-refractivity contribution in [3.63, 3.8) is 0 Å². The first-order valence-electron chi connectivity index (χ1n) is 4.70. The molecule has 1 fully saturated rings. The molecule has 15 heavy (non-hydrogen) atoms. The number of nitrogens with zero attached hydrogens (tertiary/aromatic N) is 2. The van der Waals surface area contributed by atoms with E-state index in [-0.39, 0.29) is 41.5 Å². The van der Waals surface area contributed by atoms with Crippen LogP contribution < -0.4 is 34.7 Å². The van der Waals surface area contributed by atoms with Crippen LogP contribution in [-0.2, 0) is 4.79 Å². The number of carbonyl (C=O) groups is 1. The van der Waals surface area contributed by atoms with Gasteiger partial charge in [0.15, 0.2) is 0 Å². The van der Waals surface area contributed by atoms with Gasteiger partial charge in [-0.15, -0.1) is 0 Å². The zero-order valence-electron chi connectivity index (χ0n) is 9.43. The van der Waals surface area contributed by atoms with Crippen molar-refractivity contribution in [1.82, 2.24) is 4.90 Å². The van der Waals surface area contributed by atoms with Crippen LogP contribution in [0.3, 0.4) is 0 Å². The quantitative estimate of drug-likeness (QED) is 0.303. The minimum Gasteiger partial charge on any atom is -0.861 e. The molecule has 0 aromatic carbocycles. The van der Waals surface area contributed by atoms with Crippen LogP contribution in [0.15, 0.2) is 4.99 Å². The SMILES string of the molecule is C[C@H](N=C([O-])C1CCCN1C)C(=O)O.[Na+]. The van der Waals surface area contributed by atoms with Crippen LogP contribution in [0.25, 0.3) is 0 Å². The van der Waals surface area contributed by atoms with Crippen LogP contribution in [0.4, 0.5) is 0 Å². The van der Waals surface area contributed by atoms with Gasteiger partial charge >= 0.3 is 35.5 Å². The maximum atomic E-state index is 11.5. The maximum Gasteiger partial charge on any atom is 1.00 e. The van der Waals surface area contributed by atoms with Crippen LogP contribution >= 0.6 is 0 Å². The van der Waals surface area contributed by atoms with Crippen LogP contribution in [0, 0.1) is 0 Å². The first-order chi connectivity index (χ1) is 6.52. The standard InChI is InChI=1S/C9H16N2O3.Na/c1-6(9(13)14)10-8(12)7-4-3-5-11(7)2;/h6-7H,3-5H2,1-2H3,(H,10,12)(H,13,14);/q;+1/p-1/t6-,7?;/m0./s1. The zero-order chi connectivity index (χ0) is 10.7. The van der Waals surface area contributed by atoms with E-state index in [9.17, 15) is 9.90 Å². The van der Waals surface area contributed by atoms with Gasteiger partial charge in [-0.05, 0) is 39.3 Å². The van der Waals surface area contributed by atoms with Gasteiger partial charge in [-0.2, -0.15) is 0 Å². The summed E-state index contributed by atoms with van der Waals surface area (Å²) in [5.41, 5.74) is 0. The van der Waals surface area contributed by atoms with Gasteiger partial charge in [-0.1, -0.05) is 0 Å². The van der Waals surface area contributed by atoms with Crippen molar-refractivity contribution >= 4 is 11.9 Å². The van der Waals surface area contributed by atoms with E-state index in [4.69, 9.17) is 5.11 Å². The van der Waals surface area contributed by atoms with Crippen molar-refractivity contribution in [1.29, 1.82) is 0 Å². The number of rotatable bonds is 3. The predicted molar refractivity (Wildman–Crippen MR) is 50.2 cm³/mol. The van der Waals surface area contributed by atoms with E-state index in [1.807, 2.05) is 11.9 Å². The van der Waals surface area contributed by atoms with Crippen molar-refractivity contribution < 1.29 is 44.6 Å². The van der Waals surface area contributed by atoms with Gasteiger partial charge in [0.25, 0.3) is 0 Å². The summed E-state index contributed by atoms with van der Waals surface area (Å²) >= 11 is 0. The molecule has 0 spiro atoms. The Bertz CT molecular complexity index is 258. The van der Waals surface area contributed by atoms with Crippen molar-refractivity contribution in [2.75, 3.05) is 13.6 Å². The molecular weight excluding hydrogens is 207 g/mol. The van der Waals surface area contributed by atoms with E-state index >= 15 is 0 Å². The van der Waals surface area contributed by atoms with E-state index < -0.39 is 12.0 Å². The number of hydrogen-bond acceptors (Lipinski definition) is 4. The fourth-order valence-corrected chi connectivity index (χ4v) is 1.55. The Labute approximate surface area is 111 Å². The molecule has 0 aromatic rings. The average molecular weight is 222 g/mol. The van der Waals surface area contributed by atoms with Crippen LogP contribution in [-0.4, -0.2) is 47.5 Å². The fourth-order valence-electron chi connectivity index (χ4n) is 1.55. The Morgan fingerprint density at radius 2 is 2.27 bits per heavy atom. The molecule has 0 aliphatic carbocycles. The summed E-state index contributed by atoms with van der Waals surface area (Å²) in [5, 5.41) is 20.1. The number of carboxylic acids is 1. The van der Waals surface area contributed by atoms with E-state index in [2.05, 4.69) is 4.99 Å². The summed E-state index contributed by atoms with van der Waals surface area (Å²) in [5.74, 6) is -1.36. The average Bonchev–Trinajstić information content (AvgIpc) is 2.51. The Hall–Kier alpha value is -0.100. The van der Waals surface area contributed by atoms with E-state index in [0.717, 1.165) is 19.4 Å². The molecular formula is C9H15N2NaO3. The molecule has 1 heterocycles. The molecule has 1 aliphatic heterocycles. The summed E-state index contributed by atoms with van der Waals surface area (Å²) in [4.78, 5) is 16.0. The molecule has 0 radical (unpaired) electrons. The van der Waals surface area contributed by atoms with Gasteiger partial charge in [-0.25, -0.2) is 4.79 Å². The number of likely N-dealkylation sites (tertiary alicyclic amines) is 1. The summed E-state index contributed by atoms with van der Waals surface area (Å²) in [6.45, 7) is 2.29. The second kappa shape index (κ2) is 6.48. The van der Waals surface area contributed by atoms with Gasteiger partial charge < -0.3 is 10.2 Å². The molecule has 0 amide bonds. The topological polar surface area (TPSA) is 76.0 Å². The van der Waals surface area contributed by atoms with Gasteiger partial charge in [0.2, 0.25) is 0 Å². The largest absolute Gasteiger partial charge is 1.00 e. The van der Waals surface area contributed by atoms with Crippen LogP contribution in [0.5, 0.6) is 0 Å². The number of likely N-dealkylation sites (N-methyl/N-ethyl adjacent to an activating group) is 1. The predicted octanol–water partition coefficient (Wildman–Crippen LogP) is -3.68. The molecule has 5 nitrogen and oxygen atoms in total. The molecule has 6 heteroatoms. The van der Waals surface area contributed by atoms with Crippen LogP contribution in [0.1, 0.15) is 19.8 Å². The van der Waals surface area contributed by atoms with Gasteiger partial charge in [0.1, 0.15) is 6.04 Å². The molecule has 1 saturated heterocycles. The van der Waals surface area contributed by atoms with E-state index in [0.29, 0.717) is 0 Å². The first kappa shape index (κ1) is 14.9. The molecule has 1 aliphatic rings. The maximum absolute atomic E-state index is 11.5.